The number of hydrogen-bond acceptors (Lipinski definition) is 5. The van der Waals surface area contributed by atoms with Gasteiger partial charge < -0.3 is 19.9 Å². The lowest BCUT2D eigenvalue weighted by atomic mass is 9.84. The normalized spacial score (nSPS) is 18.3. The number of carbonyl (C=O) groups excluding carboxylic acids is 1. The molecule has 6 nitrogen and oxygen atoms in total. The van der Waals surface area contributed by atoms with E-state index < -0.39 is 5.60 Å². The standard InChI is InChI=1S/C20H21FN2O4/c21-15-3-1-14(2-4-15)20(25)7-9-23(10-8-20)12-19(24)22-16-5-6-17-18(11-16)27-13-26-17/h1-6,11,25H,7-10,12-13H2,(H,22,24). The molecule has 0 spiro atoms. The molecule has 0 bridgehead atoms. The number of rotatable bonds is 4. The molecule has 0 aliphatic carbocycles. The Balaban J connectivity index is 1.31. The third-order valence-corrected chi connectivity index (χ3v) is 5.09. The molecule has 142 valence electrons. The van der Waals surface area contributed by atoms with Crippen molar-refractivity contribution in [1.29, 1.82) is 0 Å². The maximum absolute atomic E-state index is 13.1. The first-order valence-electron chi connectivity index (χ1n) is 8.92. The summed E-state index contributed by atoms with van der Waals surface area (Å²) in [5.74, 6) is 0.848. The monoisotopic (exact) mass is 372 g/mol. The largest absolute Gasteiger partial charge is 0.454 e. The zero-order valence-electron chi connectivity index (χ0n) is 14.8. The van der Waals surface area contributed by atoms with Crippen molar-refractivity contribution in [2.75, 3.05) is 31.7 Å². The van der Waals surface area contributed by atoms with E-state index in [1.807, 2.05) is 4.90 Å². The van der Waals surface area contributed by atoms with Crippen LogP contribution in [0.25, 0.3) is 0 Å². The summed E-state index contributed by atoms with van der Waals surface area (Å²) in [5, 5.41) is 13.7. The van der Waals surface area contributed by atoms with Crippen LogP contribution < -0.4 is 14.8 Å². The lowest BCUT2D eigenvalue weighted by Gasteiger charge is -2.38. The molecule has 2 heterocycles. The number of aliphatic hydroxyl groups is 1. The maximum Gasteiger partial charge on any atom is 0.238 e. The van der Waals surface area contributed by atoms with Crippen molar-refractivity contribution in [2.24, 2.45) is 0 Å². The number of halogens is 1. The Labute approximate surface area is 156 Å². The molecular weight excluding hydrogens is 351 g/mol. The summed E-state index contributed by atoms with van der Waals surface area (Å²) < 4.78 is 23.6. The molecule has 0 aromatic heterocycles. The minimum Gasteiger partial charge on any atom is -0.454 e. The highest BCUT2D eigenvalue weighted by molar-refractivity contribution is 5.92. The molecule has 27 heavy (non-hydrogen) atoms. The number of fused-ring (bicyclic) bond motifs is 1. The summed E-state index contributed by atoms with van der Waals surface area (Å²) in [6, 6.07) is 11.2. The van der Waals surface area contributed by atoms with E-state index in [-0.39, 0.29) is 25.1 Å². The molecule has 1 saturated heterocycles. The Morgan fingerprint density at radius 1 is 1.11 bits per heavy atom. The molecule has 2 aliphatic heterocycles. The fourth-order valence-electron chi connectivity index (χ4n) is 3.51. The Morgan fingerprint density at radius 2 is 1.81 bits per heavy atom. The van der Waals surface area contributed by atoms with Gasteiger partial charge in [0.2, 0.25) is 12.7 Å². The maximum atomic E-state index is 13.1. The van der Waals surface area contributed by atoms with Crippen molar-refractivity contribution in [1.82, 2.24) is 4.90 Å². The Morgan fingerprint density at radius 3 is 2.56 bits per heavy atom. The zero-order chi connectivity index (χ0) is 18.9. The number of anilines is 1. The van der Waals surface area contributed by atoms with Crippen LogP contribution in [-0.4, -0.2) is 42.3 Å². The first-order valence-corrected chi connectivity index (χ1v) is 8.92. The number of ether oxygens (including phenoxy) is 2. The fourth-order valence-corrected chi connectivity index (χ4v) is 3.51. The smallest absolute Gasteiger partial charge is 0.238 e. The van der Waals surface area contributed by atoms with Gasteiger partial charge in [-0.3, -0.25) is 9.69 Å². The number of hydrogen-bond donors (Lipinski definition) is 2. The zero-order valence-corrected chi connectivity index (χ0v) is 14.8. The van der Waals surface area contributed by atoms with E-state index >= 15 is 0 Å². The quantitative estimate of drug-likeness (QED) is 0.863. The van der Waals surface area contributed by atoms with Crippen LogP contribution in [-0.2, 0) is 10.4 Å². The molecule has 1 amide bonds. The van der Waals surface area contributed by atoms with Gasteiger partial charge in [-0.2, -0.15) is 0 Å². The highest BCUT2D eigenvalue weighted by Crippen LogP contribution is 2.35. The van der Waals surface area contributed by atoms with Gasteiger partial charge in [0.1, 0.15) is 5.82 Å². The first kappa shape index (κ1) is 17.8. The van der Waals surface area contributed by atoms with Gasteiger partial charge in [0, 0.05) is 24.8 Å². The second kappa shape index (κ2) is 7.17. The van der Waals surface area contributed by atoms with Crippen molar-refractivity contribution in [3.05, 3.63) is 53.8 Å². The van der Waals surface area contributed by atoms with E-state index in [0.717, 1.165) is 0 Å². The number of nitrogens with zero attached hydrogens (tertiary/aromatic N) is 1. The van der Waals surface area contributed by atoms with Gasteiger partial charge in [-0.15, -0.1) is 0 Å². The number of nitrogens with one attached hydrogen (secondary N) is 1. The van der Waals surface area contributed by atoms with Gasteiger partial charge in [-0.1, -0.05) is 12.1 Å². The molecule has 2 aliphatic rings. The summed E-state index contributed by atoms with van der Waals surface area (Å²) in [6.07, 6.45) is 0.992. The second-order valence-electron chi connectivity index (χ2n) is 6.93. The molecular formula is C20H21FN2O4. The van der Waals surface area contributed by atoms with E-state index in [1.165, 1.54) is 12.1 Å². The van der Waals surface area contributed by atoms with Crippen LogP contribution >= 0.6 is 0 Å². The molecule has 0 saturated carbocycles. The second-order valence-corrected chi connectivity index (χ2v) is 6.93. The van der Waals surface area contributed by atoms with Crippen molar-refractivity contribution in [2.45, 2.75) is 18.4 Å². The molecule has 2 aromatic carbocycles. The van der Waals surface area contributed by atoms with Crippen LogP contribution in [0.2, 0.25) is 0 Å². The first-order chi connectivity index (χ1) is 13.0. The Bertz CT molecular complexity index is 832. The lowest BCUT2D eigenvalue weighted by molar-refractivity contribution is -0.118. The molecule has 2 N–H and O–H groups in total. The van der Waals surface area contributed by atoms with Crippen LogP contribution in [0.15, 0.2) is 42.5 Å². The van der Waals surface area contributed by atoms with E-state index in [2.05, 4.69) is 5.32 Å². The molecule has 2 aromatic rings. The summed E-state index contributed by atoms with van der Waals surface area (Å²) in [6.45, 7) is 1.61. The fraction of sp³-hybridized carbons (Fsp3) is 0.350. The van der Waals surface area contributed by atoms with Crippen molar-refractivity contribution in [3.63, 3.8) is 0 Å². The van der Waals surface area contributed by atoms with E-state index in [4.69, 9.17) is 9.47 Å². The van der Waals surface area contributed by atoms with E-state index in [9.17, 15) is 14.3 Å². The molecule has 1 fully saturated rings. The third kappa shape index (κ3) is 3.89. The van der Waals surface area contributed by atoms with Crippen LogP contribution in [0.1, 0.15) is 18.4 Å². The van der Waals surface area contributed by atoms with Crippen LogP contribution in [0.4, 0.5) is 10.1 Å². The average molecular weight is 372 g/mol. The molecule has 4 rings (SSSR count). The molecule has 0 radical (unpaired) electrons. The number of likely N-dealkylation sites (tertiary alicyclic amines) is 1. The van der Waals surface area contributed by atoms with E-state index in [1.54, 1.807) is 30.3 Å². The van der Waals surface area contributed by atoms with Crippen molar-refractivity contribution < 1.29 is 23.8 Å². The van der Waals surface area contributed by atoms with Gasteiger partial charge in [-0.25, -0.2) is 4.39 Å². The van der Waals surface area contributed by atoms with Gasteiger partial charge in [0.05, 0.1) is 12.1 Å². The number of carbonyl (C=O) groups is 1. The van der Waals surface area contributed by atoms with Gasteiger partial charge in [0.25, 0.3) is 0 Å². The summed E-state index contributed by atoms with van der Waals surface area (Å²) in [7, 11) is 0. The topological polar surface area (TPSA) is 71.0 Å². The van der Waals surface area contributed by atoms with Crippen LogP contribution in [0.5, 0.6) is 11.5 Å². The van der Waals surface area contributed by atoms with Gasteiger partial charge in [-0.05, 0) is 42.7 Å². The lowest BCUT2D eigenvalue weighted by Crippen LogP contribution is -2.45. The Kier molecular flexibility index (Phi) is 4.72. The SMILES string of the molecule is O=C(CN1CCC(O)(c2ccc(F)cc2)CC1)Nc1ccc2c(c1)OCO2. The van der Waals surface area contributed by atoms with Crippen LogP contribution in [0.3, 0.4) is 0 Å². The minimum atomic E-state index is -0.974. The average Bonchev–Trinajstić information content (AvgIpc) is 3.12. The summed E-state index contributed by atoms with van der Waals surface area (Å²) in [4.78, 5) is 14.3. The van der Waals surface area contributed by atoms with Crippen LogP contribution in [0, 0.1) is 5.82 Å². The Hall–Kier alpha value is -2.64. The molecule has 0 atom stereocenters. The van der Waals surface area contributed by atoms with Gasteiger partial charge >= 0.3 is 0 Å². The van der Waals surface area contributed by atoms with Crippen molar-refractivity contribution >= 4 is 11.6 Å². The minimum absolute atomic E-state index is 0.124. The van der Waals surface area contributed by atoms with Gasteiger partial charge in [0.15, 0.2) is 11.5 Å². The highest BCUT2D eigenvalue weighted by Gasteiger charge is 2.34. The number of benzene rings is 2. The third-order valence-electron chi connectivity index (χ3n) is 5.09. The molecule has 0 unspecified atom stereocenters. The summed E-state index contributed by atoms with van der Waals surface area (Å²) in [5.41, 5.74) is 0.398. The predicted octanol–water partition coefficient (Wildman–Crippen LogP) is 2.48. The predicted molar refractivity (Wildman–Crippen MR) is 97.2 cm³/mol. The van der Waals surface area contributed by atoms with Crippen molar-refractivity contribution in [3.8, 4) is 11.5 Å². The van der Waals surface area contributed by atoms with E-state index in [0.29, 0.717) is 48.7 Å². The summed E-state index contributed by atoms with van der Waals surface area (Å²) >= 11 is 0. The number of amides is 1. The molecule has 7 heteroatoms. The number of piperidine rings is 1. The highest BCUT2D eigenvalue weighted by atomic mass is 19.1.